The zero-order valence-electron chi connectivity index (χ0n) is 25.2. The molecule has 0 fully saturated rings. The molecule has 8 heteroatoms. The van der Waals surface area contributed by atoms with Crippen LogP contribution in [-0.4, -0.2) is 72.0 Å². The molecular weight excluding hydrogens is 537 g/mol. The molecular formula is C32H54N4O2S2. The van der Waals surface area contributed by atoms with Gasteiger partial charge in [0.1, 0.15) is 11.5 Å². The van der Waals surface area contributed by atoms with Crippen LogP contribution in [0.1, 0.15) is 56.9 Å². The molecule has 40 heavy (non-hydrogen) atoms. The standard InChI is InChI=1S/C32H54N4O2S2/c1-36(30-17-9-11-19-32(30)38-3)25-15-7-6-13-21-34-24-27-40-39-26-23-33-20-12-4-5-14-22-35-28-29-16-8-10-18-31(29)37-2/h8-11,16-19,33-35H,4-7,12-15,20-28H2,1-3H3. The van der Waals surface area contributed by atoms with Crippen molar-refractivity contribution in [2.45, 2.75) is 57.9 Å². The molecule has 0 unspecified atom stereocenters. The SMILES string of the molecule is COc1ccccc1CNCCCCCCNCCSSCCNCCCCCCN(C)c1ccccc1OC. The van der Waals surface area contributed by atoms with Crippen molar-refractivity contribution >= 4 is 27.3 Å². The number of para-hydroxylation sites is 3. The summed E-state index contributed by atoms with van der Waals surface area (Å²) in [4.78, 5) is 2.30. The second kappa shape index (κ2) is 24.1. The van der Waals surface area contributed by atoms with Gasteiger partial charge in [0.15, 0.2) is 0 Å². The second-order valence-electron chi connectivity index (χ2n) is 10.1. The van der Waals surface area contributed by atoms with Gasteiger partial charge in [-0.15, -0.1) is 0 Å². The van der Waals surface area contributed by atoms with Gasteiger partial charge < -0.3 is 30.3 Å². The highest BCUT2D eigenvalue weighted by atomic mass is 33.1. The van der Waals surface area contributed by atoms with E-state index in [1.54, 1.807) is 14.2 Å². The average molecular weight is 591 g/mol. The second-order valence-corrected chi connectivity index (χ2v) is 12.8. The maximum atomic E-state index is 5.47. The van der Waals surface area contributed by atoms with Crippen molar-refractivity contribution in [3.8, 4) is 11.5 Å². The van der Waals surface area contributed by atoms with Gasteiger partial charge in [0, 0.05) is 50.3 Å². The lowest BCUT2D eigenvalue weighted by atomic mass is 10.1. The summed E-state index contributed by atoms with van der Waals surface area (Å²) in [6, 6.07) is 16.5. The Morgan fingerprint density at radius 2 is 1.12 bits per heavy atom. The molecule has 0 aromatic heterocycles. The van der Waals surface area contributed by atoms with Crippen LogP contribution in [-0.2, 0) is 6.54 Å². The lowest BCUT2D eigenvalue weighted by Crippen LogP contribution is -2.20. The fraction of sp³-hybridized carbons (Fsp3) is 0.625. The molecule has 6 nitrogen and oxygen atoms in total. The fourth-order valence-electron chi connectivity index (χ4n) is 4.54. The van der Waals surface area contributed by atoms with Crippen LogP contribution in [0.5, 0.6) is 11.5 Å². The number of anilines is 1. The molecule has 3 N–H and O–H groups in total. The number of benzene rings is 2. The Kier molecular flexibility index (Phi) is 20.8. The molecule has 0 bridgehead atoms. The minimum absolute atomic E-state index is 0.877. The van der Waals surface area contributed by atoms with E-state index >= 15 is 0 Å². The number of unbranched alkanes of at least 4 members (excludes halogenated alkanes) is 6. The highest BCUT2D eigenvalue weighted by Crippen LogP contribution is 2.26. The first-order valence-corrected chi connectivity index (χ1v) is 17.6. The van der Waals surface area contributed by atoms with Crippen molar-refractivity contribution in [1.29, 1.82) is 0 Å². The summed E-state index contributed by atoms with van der Waals surface area (Å²) in [5, 5.41) is 10.7. The van der Waals surface area contributed by atoms with E-state index < -0.39 is 0 Å². The minimum atomic E-state index is 0.877. The monoisotopic (exact) mass is 590 g/mol. The first-order valence-electron chi connectivity index (χ1n) is 15.1. The zero-order valence-corrected chi connectivity index (χ0v) is 26.9. The molecule has 2 rings (SSSR count). The number of hydrogen-bond donors (Lipinski definition) is 3. The van der Waals surface area contributed by atoms with Crippen LogP contribution in [0.4, 0.5) is 5.69 Å². The predicted molar refractivity (Wildman–Crippen MR) is 179 cm³/mol. The highest BCUT2D eigenvalue weighted by molar-refractivity contribution is 8.76. The Bertz CT molecular complexity index is 874. The molecule has 0 spiro atoms. The molecule has 226 valence electrons. The Morgan fingerprint density at radius 1 is 0.600 bits per heavy atom. The van der Waals surface area contributed by atoms with Crippen LogP contribution in [0.2, 0.25) is 0 Å². The lowest BCUT2D eigenvalue weighted by Gasteiger charge is -2.21. The van der Waals surface area contributed by atoms with Gasteiger partial charge in [-0.1, -0.05) is 77.6 Å². The third kappa shape index (κ3) is 16.0. The van der Waals surface area contributed by atoms with E-state index in [2.05, 4.69) is 52.2 Å². The van der Waals surface area contributed by atoms with E-state index in [-0.39, 0.29) is 0 Å². The van der Waals surface area contributed by atoms with Crippen LogP contribution in [0, 0.1) is 0 Å². The van der Waals surface area contributed by atoms with Crippen LogP contribution in [0.3, 0.4) is 0 Å². The maximum absolute atomic E-state index is 5.47. The molecule has 2 aromatic carbocycles. The van der Waals surface area contributed by atoms with Gasteiger partial charge in [-0.3, -0.25) is 0 Å². The average Bonchev–Trinajstić information content (AvgIpc) is 2.99. The minimum Gasteiger partial charge on any atom is -0.496 e. The van der Waals surface area contributed by atoms with E-state index in [4.69, 9.17) is 9.47 Å². The molecule has 0 radical (unpaired) electrons. The van der Waals surface area contributed by atoms with E-state index in [1.165, 1.54) is 74.1 Å². The van der Waals surface area contributed by atoms with Gasteiger partial charge in [-0.2, -0.15) is 0 Å². The van der Waals surface area contributed by atoms with E-state index in [0.29, 0.717) is 0 Å². The van der Waals surface area contributed by atoms with Crippen molar-refractivity contribution in [2.75, 3.05) is 76.9 Å². The van der Waals surface area contributed by atoms with Gasteiger partial charge in [0.05, 0.1) is 19.9 Å². The summed E-state index contributed by atoms with van der Waals surface area (Å²) in [5.41, 5.74) is 2.41. The van der Waals surface area contributed by atoms with Crippen molar-refractivity contribution in [3.63, 3.8) is 0 Å². The molecule has 0 aliphatic carbocycles. The van der Waals surface area contributed by atoms with Crippen LogP contribution < -0.4 is 30.3 Å². The van der Waals surface area contributed by atoms with Crippen molar-refractivity contribution in [3.05, 3.63) is 54.1 Å². The predicted octanol–water partition coefficient (Wildman–Crippen LogP) is 6.61. The first-order chi connectivity index (χ1) is 19.8. The van der Waals surface area contributed by atoms with Crippen molar-refractivity contribution < 1.29 is 9.47 Å². The maximum Gasteiger partial charge on any atom is 0.142 e. The summed E-state index contributed by atoms with van der Waals surface area (Å²) < 4.78 is 10.9. The summed E-state index contributed by atoms with van der Waals surface area (Å²) >= 11 is 0. The third-order valence-electron chi connectivity index (χ3n) is 6.87. The van der Waals surface area contributed by atoms with Gasteiger partial charge in [0.2, 0.25) is 0 Å². The van der Waals surface area contributed by atoms with Crippen molar-refractivity contribution in [2.24, 2.45) is 0 Å². The number of ether oxygens (including phenoxy) is 2. The number of hydrogen-bond acceptors (Lipinski definition) is 8. The van der Waals surface area contributed by atoms with Crippen LogP contribution >= 0.6 is 21.6 Å². The molecule has 0 atom stereocenters. The summed E-state index contributed by atoms with van der Waals surface area (Å²) in [6.45, 7) is 7.50. The third-order valence-corrected chi connectivity index (χ3v) is 9.27. The fourth-order valence-corrected chi connectivity index (χ4v) is 6.44. The smallest absolute Gasteiger partial charge is 0.142 e. The van der Waals surface area contributed by atoms with Crippen LogP contribution in [0.15, 0.2) is 48.5 Å². The first kappa shape index (κ1) is 34.6. The zero-order chi connectivity index (χ0) is 28.5. The highest BCUT2D eigenvalue weighted by Gasteiger charge is 2.06. The number of methoxy groups -OCH3 is 2. The van der Waals surface area contributed by atoms with Gasteiger partial charge in [-0.05, 0) is 63.5 Å². The van der Waals surface area contributed by atoms with E-state index in [0.717, 1.165) is 57.3 Å². The number of nitrogens with one attached hydrogen (secondary N) is 3. The topological polar surface area (TPSA) is 57.8 Å². The van der Waals surface area contributed by atoms with Gasteiger partial charge in [0.25, 0.3) is 0 Å². The van der Waals surface area contributed by atoms with Gasteiger partial charge >= 0.3 is 0 Å². The molecule has 0 amide bonds. The Hall–Kier alpha value is -1.58. The summed E-state index contributed by atoms with van der Waals surface area (Å²) in [5.74, 6) is 4.28. The molecule has 0 saturated carbocycles. The molecule has 0 aliphatic heterocycles. The van der Waals surface area contributed by atoms with E-state index in [9.17, 15) is 0 Å². The molecule has 0 saturated heterocycles. The molecule has 2 aromatic rings. The van der Waals surface area contributed by atoms with Gasteiger partial charge in [-0.25, -0.2) is 0 Å². The molecule has 0 aliphatic rings. The Balaban J connectivity index is 1.25. The number of rotatable bonds is 26. The summed E-state index contributed by atoms with van der Waals surface area (Å²) in [6.07, 6.45) is 10.2. The number of nitrogens with zero attached hydrogens (tertiary/aromatic N) is 1. The Morgan fingerprint density at radius 3 is 1.75 bits per heavy atom. The largest absolute Gasteiger partial charge is 0.496 e. The van der Waals surface area contributed by atoms with Crippen LogP contribution in [0.25, 0.3) is 0 Å². The quantitative estimate of drug-likeness (QED) is 0.0836. The lowest BCUT2D eigenvalue weighted by molar-refractivity contribution is 0.407. The Labute approximate surface area is 252 Å². The normalized spacial score (nSPS) is 11.1. The summed E-state index contributed by atoms with van der Waals surface area (Å²) in [7, 11) is 9.61. The molecule has 0 heterocycles. The van der Waals surface area contributed by atoms with E-state index in [1.807, 2.05) is 45.9 Å². The van der Waals surface area contributed by atoms with Crippen molar-refractivity contribution in [1.82, 2.24) is 16.0 Å².